The van der Waals surface area contributed by atoms with E-state index in [0.29, 0.717) is 13.2 Å². The second-order valence-electron chi connectivity index (χ2n) is 5.50. The van der Waals surface area contributed by atoms with Crippen molar-refractivity contribution >= 4 is 11.6 Å². The predicted octanol–water partition coefficient (Wildman–Crippen LogP) is 2.08. The van der Waals surface area contributed by atoms with E-state index in [-0.39, 0.29) is 17.9 Å². The van der Waals surface area contributed by atoms with Crippen molar-refractivity contribution in [1.29, 1.82) is 0 Å². The second kappa shape index (κ2) is 6.70. The molecule has 0 spiro atoms. The quantitative estimate of drug-likeness (QED) is 0.918. The first-order valence-corrected chi connectivity index (χ1v) is 7.60. The monoisotopic (exact) mass is 300 g/mol. The first kappa shape index (κ1) is 14.7. The highest BCUT2D eigenvalue weighted by molar-refractivity contribution is 5.93. The maximum atomic E-state index is 12.4. The van der Waals surface area contributed by atoms with Gasteiger partial charge in [-0.15, -0.1) is 0 Å². The number of anilines is 1. The predicted molar refractivity (Wildman–Crippen MR) is 82.3 cm³/mol. The van der Waals surface area contributed by atoms with Gasteiger partial charge in [-0.25, -0.2) is 9.67 Å². The van der Waals surface area contributed by atoms with E-state index in [4.69, 9.17) is 4.74 Å². The Labute approximate surface area is 129 Å². The molecule has 2 atom stereocenters. The Balaban J connectivity index is 1.66. The highest BCUT2D eigenvalue weighted by atomic mass is 16.5. The molecule has 1 N–H and O–H groups in total. The van der Waals surface area contributed by atoms with Crippen molar-refractivity contribution in [2.24, 2.45) is 5.92 Å². The average Bonchev–Trinajstić information content (AvgIpc) is 3.18. The molecule has 0 saturated carbocycles. The zero-order chi connectivity index (χ0) is 15.4. The van der Waals surface area contributed by atoms with Crippen LogP contribution in [0.5, 0.6) is 0 Å². The number of carbonyl (C=O) groups excluding carboxylic acids is 1. The van der Waals surface area contributed by atoms with Gasteiger partial charge in [-0.1, -0.05) is 19.1 Å². The Bertz CT molecular complexity index is 627. The lowest BCUT2D eigenvalue weighted by molar-refractivity contribution is -0.121. The molecule has 1 aliphatic rings. The number of aromatic nitrogens is 3. The Morgan fingerprint density at radius 1 is 1.50 bits per heavy atom. The summed E-state index contributed by atoms with van der Waals surface area (Å²) >= 11 is 0. The Hall–Kier alpha value is -2.21. The van der Waals surface area contributed by atoms with Crippen molar-refractivity contribution in [3.8, 4) is 0 Å². The van der Waals surface area contributed by atoms with E-state index in [1.54, 1.807) is 11.0 Å². The van der Waals surface area contributed by atoms with Crippen LogP contribution in [-0.4, -0.2) is 33.4 Å². The van der Waals surface area contributed by atoms with Gasteiger partial charge in [0.2, 0.25) is 5.91 Å². The Kier molecular flexibility index (Phi) is 4.48. The fourth-order valence-corrected chi connectivity index (χ4v) is 2.83. The van der Waals surface area contributed by atoms with Crippen molar-refractivity contribution in [2.75, 3.05) is 11.9 Å². The molecule has 1 aromatic heterocycles. The molecule has 0 radical (unpaired) electrons. The summed E-state index contributed by atoms with van der Waals surface area (Å²) in [6.07, 6.45) is 4.88. The van der Waals surface area contributed by atoms with E-state index >= 15 is 0 Å². The lowest BCUT2D eigenvalue weighted by atomic mass is 9.98. The molecular formula is C16H20N4O2. The third-order valence-corrected chi connectivity index (χ3v) is 3.95. The maximum Gasteiger partial charge on any atom is 0.230 e. The molecule has 3 rings (SSSR count). The van der Waals surface area contributed by atoms with E-state index in [1.165, 1.54) is 6.33 Å². The fraction of sp³-hybridized carbons (Fsp3) is 0.438. The summed E-state index contributed by atoms with van der Waals surface area (Å²) in [7, 11) is 0. The van der Waals surface area contributed by atoms with E-state index in [2.05, 4.69) is 22.3 Å². The number of amides is 1. The van der Waals surface area contributed by atoms with Crippen molar-refractivity contribution in [3.63, 3.8) is 0 Å². The van der Waals surface area contributed by atoms with Crippen LogP contribution in [0.25, 0.3) is 0 Å². The molecular weight excluding hydrogens is 280 g/mol. The molecule has 1 amide bonds. The highest BCUT2D eigenvalue weighted by Crippen LogP contribution is 2.25. The highest BCUT2D eigenvalue weighted by Gasteiger charge is 2.32. The fourth-order valence-electron chi connectivity index (χ4n) is 2.83. The molecule has 116 valence electrons. The van der Waals surface area contributed by atoms with Crippen LogP contribution in [0.2, 0.25) is 0 Å². The molecule has 22 heavy (non-hydrogen) atoms. The standard InChI is InChI=1S/C16H20N4O2/c1-2-15-14(6-7-22-15)16(21)19-13-5-3-4-12(8-13)9-20-11-17-10-18-20/h3-5,8,10-11,14-15H,2,6-7,9H2,1H3,(H,19,21)/t14-,15+/m1/s1. The van der Waals surface area contributed by atoms with Gasteiger partial charge >= 0.3 is 0 Å². The van der Waals surface area contributed by atoms with Crippen molar-refractivity contribution in [1.82, 2.24) is 14.8 Å². The van der Waals surface area contributed by atoms with Crippen LogP contribution in [0.3, 0.4) is 0 Å². The Morgan fingerprint density at radius 2 is 2.41 bits per heavy atom. The largest absolute Gasteiger partial charge is 0.377 e. The summed E-state index contributed by atoms with van der Waals surface area (Å²) < 4.78 is 7.34. The lowest BCUT2D eigenvalue weighted by Crippen LogP contribution is -2.29. The topological polar surface area (TPSA) is 69.0 Å². The maximum absolute atomic E-state index is 12.4. The third kappa shape index (κ3) is 3.33. The minimum Gasteiger partial charge on any atom is -0.377 e. The summed E-state index contributed by atoms with van der Waals surface area (Å²) in [6, 6.07) is 7.81. The molecule has 2 aromatic rings. The summed E-state index contributed by atoms with van der Waals surface area (Å²) in [5, 5.41) is 7.09. The number of carbonyl (C=O) groups is 1. The van der Waals surface area contributed by atoms with Crippen LogP contribution in [-0.2, 0) is 16.1 Å². The van der Waals surface area contributed by atoms with Crippen LogP contribution in [0, 0.1) is 5.92 Å². The van der Waals surface area contributed by atoms with Gasteiger partial charge in [0.05, 0.1) is 18.6 Å². The number of nitrogens with one attached hydrogen (secondary N) is 1. The van der Waals surface area contributed by atoms with E-state index in [1.807, 2.05) is 24.3 Å². The number of hydrogen-bond donors (Lipinski definition) is 1. The van der Waals surface area contributed by atoms with Crippen LogP contribution >= 0.6 is 0 Å². The molecule has 0 unspecified atom stereocenters. The summed E-state index contributed by atoms with van der Waals surface area (Å²) in [4.78, 5) is 16.3. The summed E-state index contributed by atoms with van der Waals surface area (Å²) in [5.74, 6) is -0.00812. The number of hydrogen-bond acceptors (Lipinski definition) is 4. The first-order valence-electron chi connectivity index (χ1n) is 7.60. The molecule has 0 bridgehead atoms. The van der Waals surface area contributed by atoms with Gasteiger partial charge in [0.25, 0.3) is 0 Å². The van der Waals surface area contributed by atoms with E-state index in [0.717, 1.165) is 24.1 Å². The van der Waals surface area contributed by atoms with E-state index in [9.17, 15) is 4.79 Å². The number of benzene rings is 1. The molecule has 1 aliphatic heterocycles. The zero-order valence-corrected chi connectivity index (χ0v) is 12.6. The SMILES string of the molecule is CC[C@@H]1OCC[C@H]1C(=O)Nc1cccc(Cn2cncn2)c1. The molecule has 0 aliphatic carbocycles. The minimum atomic E-state index is -0.0519. The van der Waals surface area contributed by atoms with Crippen LogP contribution < -0.4 is 5.32 Å². The average molecular weight is 300 g/mol. The Morgan fingerprint density at radius 3 is 3.18 bits per heavy atom. The van der Waals surface area contributed by atoms with Crippen LogP contribution in [0.15, 0.2) is 36.9 Å². The van der Waals surface area contributed by atoms with Crippen LogP contribution in [0.1, 0.15) is 25.3 Å². The molecule has 1 aromatic carbocycles. The zero-order valence-electron chi connectivity index (χ0n) is 12.6. The van der Waals surface area contributed by atoms with Crippen molar-refractivity contribution in [2.45, 2.75) is 32.4 Å². The van der Waals surface area contributed by atoms with Gasteiger partial charge in [-0.05, 0) is 30.5 Å². The van der Waals surface area contributed by atoms with Crippen molar-refractivity contribution < 1.29 is 9.53 Å². The number of rotatable bonds is 5. The van der Waals surface area contributed by atoms with Gasteiger partial charge in [-0.3, -0.25) is 4.79 Å². The van der Waals surface area contributed by atoms with Gasteiger partial charge in [-0.2, -0.15) is 5.10 Å². The normalized spacial score (nSPS) is 21.0. The van der Waals surface area contributed by atoms with Gasteiger partial charge in [0.1, 0.15) is 12.7 Å². The van der Waals surface area contributed by atoms with Gasteiger partial charge in [0, 0.05) is 12.3 Å². The molecule has 1 saturated heterocycles. The van der Waals surface area contributed by atoms with Gasteiger partial charge < -0.3 is 10.1 Å². The third-order valence-electron chi connectivity index (χ3n) is 3.95. The summed E-state index contributed by atoms with van der Waals surface area (Å²) in [6.45, 7) is 3.35. The second-order valence-corrected chi connectivity index (χ2v) is 5.50. The summed E-state index contributed by atoms with van der Waals surface area (Å²) in [5.41, 5.74) is 1.88. The molecule has 2 heterocycles. The smallest absolute Gasteiger partial charge is 0.230 e. The number of ether oxygens (including phenoxy) is 1. The van der Waals surface area contributed by atoms with Gasteiger partial charge in [0.15, 0.2) is 0 Å². The van der Waals surface area contributed by atoms with E-state index < -0.39 is 0 Å². The first-order chi connectivity index (χ1) is 10.8. The van der Waals surface area contributed by atoms with Crippen molar-refractivity contribution in [3.05, 3.63) is 42.5 Å². The lowest BCUT2D eigenvalue weighted by Gasteiger charge is -2.16. The molecule has 6 heteroatoms. The van der Waals surface area contributed by atoms with Crippen LogP contribution in [0.4, 0.5) is 5.69 Å². The number of nitrogens with zero attached hydrogens (tertiary/aromatic N) is 3. The molecule has 1 fully saturated rings. The minimum absolute atomic E-state index is 0.0401. The molecule has 6 nitrogen and oxygen atoms in total.